The second-order valence-corrected chi connectivity index (χ2v) is 7.05. The zero-order valence-electron chi connectivity index (χ0n) is 13.6. The maximum atomic E-state index is 12.0. The molecule has 2 aliphatic rings. The Hall–Kier alpha value is -0.650. The summed E-state index contributed by atoms with van der Waals surface area (Å²) >= 11 is 0. The summed E-state index contributed by atoms with van der Waals surface area (Å²) in [5.41, 5.74) is -0.775. The summed E-state index contributed by atoms with van der Waals surface area (Å²) < 4.78 is 5.27. The summed E-state index contributed by atoms with van der Waals surface area (Å²) in [6, 6.07) is 0.182. The second kappa shape index (κ2) is 7.07. The third kappa shape index (κ3) is 4.18. The minimum absolute atomic E-state index is 0.182. The fourth-order valence-corrected chi connectivity index (χ4v) is 3.71. The molecule has 0 aromatic carbocycles. The van der Waals surface area contributed by atoms with Crippen LogP contribution >= 0.6 is 0 Å². The SMILES string of the molecule is COCC1CCCN(CC(NC(C)C)(C(=O)O)C2CC2)C1. The Morgan fingerprint density at radius 1 is 1.43 bits per heavy atom. The first kappa shape index (κ1) is 16.7. The maximum Gasteiger partial charge on any atom is 0.325 e. The molecule has 1 saturated carbocycles. The van der Waals surface area contributed by atoms with Gasteiger partial charge in [-0.15, -0.1) is 0 Å². The molecule has 2 N–H and O–H groups in total. The first-order chi connectivity index (χ1) is 9.98. The summed E-state index contributed by atoms with van der Waals surface area (Å²) in [5, 5.41) is 13.2. The fraction of sp³-hybridized carbons (Fsp3) is 0.938. The van der Waals surface area contributed by atoms with Gasteiger partial charge in [0.1, 0.15) is 5.54 Å². The molecule has 2 rings (SSSR count). The number of carboxylic acid groups (broad SMARTS) is 1. The number of aliphatic carboxylic acids is 1. The minimum atomic E-state index is -0.775. The van der Waals surface area contributed by atoms with Gasteiger partial charge in [-0.05, 0) is 57.9 Å². The monoisotopic (exact) mass is 298 g/mol. The lowest BCUT2D eigenvalue weighted by molar-refractivity contribution is -0.147. The Bertz CT molecular complexity index is 355. The summed E-state index contributed by atoms with van der Waals surface area (Å²) in [4.78, 5) is 14.3. The number of ether oxygens (including phenoxy) is 1. The molecule has 2 unspecified atom stereocenters. The van der Waals surface area contributed by atoms with Gasteiger partial charge in [0, 0.05) is 26.2 Å². The van der Waals surface area contributed by atoms with E-state index in [1.807, 2.05) is 13.8 Å². The van der Waals surface area contributed by atoms with Gasteiger partial charge in [0.15, 0.2) is 0 Å². The Kier molecular flexibility index (Phi) is 5.63. The lowest BCUT2D eigenvalue weighted by Gasteiger charge is -2.40. The number of carboxylic acids is 1. The number of nitrogens with one attached hydrogen (secondary N) is 1. The molecule has 0 spiro atoms. The highest BCUT2D eigenvalue weighted by Crippen LogP contribution is 2.41. The molecule has 0 aromatic rings. The van der Waals surface area contributed by atoms with Gasteiger partial charge >= 0.3 is 5.97 Å². The van der Waals surface area contributed by atoms with Crippen LogP contribution in [0.3, 0.4) is 0 Å². The van der Waals surface area contributed by atoms with Gasteiger partial charge in [0.05, 0.1) is 6.61 Å². The molecule has 122 valence electrons. The molecule has 0 radical (unpaired) electrons. The number of hydrogen-bond donors (Lipinski definition) is 2. The third-order valence-electron chi connectivity index (χ3n) is 4.68. The van der Waals surface area contributed by atoms with Gasteiger partial charge in [0.25, 0.3) is 0 Å². The molecular weight excluding hydrogens is 268 g/mol. The molecule has 0 amide bonds. The van der Waals surface area contributed by atoms with Crippen molar-refractivity contribution in [1.82, 2.24) is 10.2 Å². The van der Waals surface area contributed by atoms with Gasteiger partial charge in [-0.25, -0.2) is 0 Å². The van der Waals surface area contributed by atoms with E-state index in [1.165, 1.54) is 6.42 Å². The van der Waals surface area contributed by atoms with Crippen molar-refractivity contribution < 1.29 is 14.6 Å². The topological polar surface area (TPSA) is 61.8 Å². The van der Waals surface area contributed by atoms with Gasteiger partial charge in [-0.1, -0.05) is 0 Å². The molecule has 5 heteroatoms. The summed E-state index contributed by atoms with van der Waals surface area (Å²) in [5.74, 6) is 0.126. The van der Waals surface area contributed by atoms with E-state index in [9.17, 15) is 9.90 Å². The van der Waals surface area contributed by atoms with Crippen molar-refractivity contribution in [2.75, 3.05) is 33.4 Å². The van der Waals surface area contributed by atoms with Crippen molar-refractivity contribution >= 4 is 5.97 Å². The predicted octanol–water partition coefficient (Wildman–Crippen LogP) is 1.58. The predicted molar refractivity (Wildman–Crippen MR) is 82.4 cm³/mol. The van der Waals surface area contributed by atoms with Crippen molar-refractivity contribution in [1.29, 1.82) is 0 Å². The highest BCUT2D eigenvalue weighted by Gasteiger charge is 2.52. The van der Waals surface area contributed by atoms with Crippen molar-refractivity contribution in [2.24, 2.45) is 11.8 Å². The Balaban J connectivity index is 2.05. The van der Waals surface area contributed by atoms with Crippen LogP contribution in [0.25, 0.3) is 0 Å². The standard InChI is InChI=1S/C16H30N2O3/c1-12(2)17-16(15(19)20,14-6-7-14)11-18-8-4-5-13(9-18)10-21-3/h12-14,17H,4-11H2,1-3H3,(H,19,20). The number of carbonyl (C=O) groups is 1. The number of likely N-dealkylation sites (tertiary alicyclic amines) is 1. The molecule has 0 bridgehead atoms. The van der Waals surface area contributed by atoms with Crippen LogP contribution in [0.1, 0.15) is 39.5 Å². The molecule has 1 aliphatic heterocycles. The van der Waals surface area contributed by atoms with Gasteiger partial charge in [0.2, 0.25) is 0 Å². The van der Waals surface area contributed by atoms with E-state index in [4.69, 9.17) is 4.74 Å². The molecule has 2 atom stereocenters. The molecule has 5 nitrogen and oxygen atoms in total. The average Bonchev–Trinajstić information content (AvgIpc) is 3.22. The van der Waals surface area contributed by atoms with Crippen LogP contribution < -0.4 is 5.32 Å². The van der Waals surface area contributed by atoms with Gasteiger partial charge < -0.3 is 14.7 Å². The third-order valence-corrected chi connectivity index (χ3v) is 4.68. The lowest BCUT2D eigenvalue weighted by atomic mass is 9.89. The minimum Gasteiger partial charge on any atom is -0.480 e. The number of hydrogen-bond acceptors (Lipinski definition) is 4. The van der Waals surface area contributed by atoms with Gasteiger partial charge in [-0.3, -0.25) is 10.1 Å². The van der Waals surface area contributed by atoms with Crippen LogP contribution in [0.4, 0.5) is 0 Å². The van der Waals surface area contributed by atoms with E-state index in [2.05, 4.69) is 10.2 Å². The largest absolute Gasteiger partial charge is 0.480 e. The molecule has 0 aromatic heterocycles. The molecule has 21 heavy (non-hydrogen) atoms. The van der Waals surface area contributed by atoms with Crippen LogP contribution in [0.2, 0.25) is 0 Å². The first-order valence-electron chi connectivity index (χ1n) is 8.20. The number of methoxy groups -OCH3 is 1. The quantitative estimate of drug-likeness (QED) is 0.712. The maximum absolute atomic E-state index is 12.0. The zero-order chi connectivity index (χ0) is 15.5. The first-order valence-corrected chi connectivity index (χ1v) is 8.20. The van der Waals surface area contributed by atoms with E-state index in [0.717, 1.165) is 39.0 Å². The van der Waals surface area contributed by atoms with E-state index in [-0.39, 0.29) is 12.0 Å². The van der Waals surface area contributed by atoms with Crippen LogP contribution in [-0.4, -0.2) is 60.9 Å². The highest BCUT2D eigenvalue weighted by molar-refractivity contribution is 5.80. The van der Waals surface area contributed by atoms with Crippen LogP contribution in [0, 0.1) is 11.8 Å². The van der Waals surface area contributed by atoms with Crippen molar-refractivity contribution in [3.63, 3.8) is 0 Å². The number of nitrogens with zero attached hydrogens (tertiary/aromatic N) is 1. The van der Waals surface area contributed by atoms with Crippen molar-refractivity contribution in [3.05, 3.63) is 0 Å². The van der Waals surface area contributed by atoms with Gasteiger partial charge in [-0.2, -0.15) is 0 Å². The molecule has 1 aliphatic carbocycles. The van der Waals surface area contributed by atoms with Crippen LogP contribution in [-0.2, 0) is 9.53 Å². The molecule has 1 heterocycles. The van der Waals surface area contributed by atoms with E-state index >= 15 is 0 Å². The van der Waals surface area contributed by atoms with Crippen LogP contribution in [0.15, 0.2) is 0 Å². The Morgan fingerprint density at radius 3 is 2.67 bits per heavy atom. The fourth-order valence-electron chi connectivity index (χ4n) is 3.71. The molecule has 2 fully saturated rings. The molecular formula is C16H30N2O3. The second-order valence-electron chi connectivity index (χ2n) is 7.05. The number of rotatable bonds is 8. The summed E-state index contributed by atoms with van der Waals surface area (Å²) in [7, 11) is 1.74. The Morgan fingerprint density at radius 2 is 2.14 bits per heavy atom. The van der Waals surface area contributed by atoms with Crippen LogP contribution in [0.5, 0.6) is 0 Å². The molecule has 1 saturated heterocycles. The summed E-state index contributed by atoms with van der Waals surface area (Å²) in [6.07, 6.45) is 4.38. The zero-order valence-corrected chi connectivity index (χ0v) is 13.6. The average molecular weight is 298 g/mol. The normalized spacial score (nSPS) is 26.8. The van der Waals surface area contributed by atoms with E-state index < -0.39 is 11.5 Å². The number of piperidine rings is 1. The van der Waals surface area contributed by atoms with Crippen molar-refractivity contribution in [2.45, 2.75) is 51.1 Å². The summed E-state index contributed by atoms with van der Waals surface area (Å²) in [6.45, 7) is 7.41. The lowest BCUT2D eigenvalue weighted by Crippen LogP contribution is -2.63. The highest BCUT2D eigenvalue weighted by atomic mass is 16.5. The van der Waals surface area contributed by atoms with E-state index in [1.54, 1.807) is 7.11 Å². The Labute approximate surface area is 128 Å². The smallest absolute Gasteiger partial charge is 0.325 e. The van der Waals surface area contributed by atoms with E-state index in [0.29, 0.717) is 12.5 Å². The van der Waals surface area contributed by atoms with Crippen molar-refractivity contribution in [3.8, 4) is 0 Å².